The quantitative estimate of drug-likeness (QED) is 0.772. The lowest BCUT2D eigenvalue weighted by atomic mass is 9.80. The Bertz CT molecular complexity index is 750. The molecule has 0 amide bonds. The standard InChI is InChI=1S/C22H21N/c1-3-15(2)16-8-11-20(12-9-16)23-22-14-19-10-13-21(22)18-6-4-17(19)5-7-18/h4-15,23H,3H2,1-2H3. The van der Waals surface area contributed by atoms with Crippen molar-refractivity contribution in [3.63, 3.8) is 0 Å². The van der Waals surface area contributed by atoms with Gasteiger partial charge in [-0.15, -0.1) is 0 Å². The number of hydrogen-bond acceptors (Lipinski definition) is 1. The maximum Gasteiger partial charge on any atom is 0.0716 e. The molecule has 0 aromatic heterocycles. The Morgan fingerprint density at radius 2 is 1.57 bits per heavy atom. The van der Waals surface area contributed by atoms with E-state index in [0.29, 0.717) is 5.92 Å². The van der Waals surface area contributed by atoms with Crippen LogP contribution >= 0.6 is 0 Å². The van der Waals surface area contributed by atoms with Gasteiger partial charge in [-0.25, -0.2) is 0 Å². The van der Waals surface area contributed by atoms with Gasteiger partial charge in [-0.05, 0) is 47.2 Å². The number of anilines is 1. The largest absolute Gasteiger partial charge is 0.358 e. The minimum absolute atomic E-state index is 0.617. The average Bonchev–Trinajstić information content (AvgIpc) is 2.59. The van der Waals surface area contributed by atoms with E-state index >= 15 is 0 Å². The first kappa shape index (κ1) is 14.3. The fourth-order valence-electron chi connectivity index (χ4n) is 3.21. The third-order valence-corrected chi connectivity index (χ3v) is 4.92. The molecule has 0 fully saturated rings. The van der Waals surface area contributed by atoms with Gasteiger partial charge in [0.2, 0.25) is 0 Å². The van der Waals surface area contributed by atoms with Crippen LogP contribution in [-0.4, -0.2) is 0 Å². The first-order valence-electron chi connectivity index (χ1n) is 8.36. The van der Waals surface area contributed by atoms with Crippen molar-refractivity contribution in [2.24, 2.45) is 0 Å². The van der Waals surface area contributed by atoms with Gasteiger partial charge in [-0.1, -0.05) is 62.4 Å². The van der Waals surface area contributed by atoms with Crippen molar-refractivity contribution >= 4 is 5.69 Å². The molecule has 2 aromatic rings. The predicted octanol–water partition coefficient (Wildman–Crippen LogP) is 5.62. The molecule has 0 saturated heterocycles. The van der Waals surface area contributed by atoms with Gasteiger partial charge >= 0.3 is 0 Å². The van der Waals surface area contributed by atoms with Crippen molar-refractivity contribution in [3.8, 4) is 0 Å². The second-order valence-electron chi connectivity index (χ2n) is 6.39. The SMILES string of the molecule is CCC(C)c1ccc(NC2=C[C]3C=C[C]2c2ccc3cc2)cc1. The molecule has 2 aromatic carbocycles. The number of hydrogen-bond donors (Lipinski definition) is 1. The van der Waals surface area contributed by atoms with E-state index in [4.69, 9.17) is 0 Å². The van der Waals surface area contributed by atoms with E-state index in [1.54, 1.807) is 0 Å². The van der Waals surface area contributed by atoms with Crippen molar-refractivity contribution in [1.29, 1.82) is 0 Å². The van der Waals surface area contributed by atoms with Crippen molar-refractivity contribution in [2.45, 2.75) is 26.2 Å². The van der Waals surface area contributed by atoms with Crippen LogP contribution in [0.25, 0.3) is 0 Å². The summed E-state index contributed by atoms with van der Waals surface area (Å²) in [5, 5.41) is 3.60. The summed E-state index contributed by atoms with van der Waals surface area (Å²) < 4.78 is 0. The van der Waals surface area contributed by atoms with Crippen LogP contribution in [-0.2, 0) is 0 Å². The molecule has 4 bridgehead atoms. The van der Waals surface area contributed by atoms with Gasteiger partial charge in [0.05, 0.1) is 5.92 Å². The second kappa shape index (κ2) is 5.73. The Balaban J connectivity index is 1.59. The molecule has 0 saturated carbocycles. The highest BCUT2D eigenvalue weighted by Gasteiger charge is 2.25. The average molecular weight is 299 g/mol. The zero-order valence-electron chi connectivity index (χ0n) is 13.6. The van der Waals surface area contributed by atoms with Crippen molar-refractivity contribution in [3.05, 3.63) is 101 Å². The molecule has 2 radical (unpaired) electrons. The van der Waals surface area contributed by atoms with Gasteiger partial charge in [0.15, 0.2) is 0 Å². The fraction of sp³-hybridized carbons (Fsp3) is 0.182. The maximum absolute atomic E-state index is 3.60. The molecule has 0 aliphatic heterocycles. The summed E-state index contributed by atoms with van der Waals surface area (Å²) >= 11 is 0. The Morgan fingerprint density at radius 3 is 2.26 bits per heavy atom. The van der Waals surface area contributed by atoms with Gasteiger partial charge in [0.25, 0.3) is 0 Å². The zero-order chi connectivity index (χ0) is 15.8. The number of nitrogens with one attached hydrogen (secondary N) is 1. The summed E-state index contributed by atoms with van der Waals surface area (Å²) in [4.78, 5) is 0. The monoisotopic (exact) mass is 299 g/mol. The van der Waals surface area contributed by atoms with Crippen LogP contribution < -0.4 is 5.32 Å². The van der Waals surface area contributed by atoms with Gasteiger partial charge in [-0.2, -0.15) is 0 Å². The van der Waals surface area contributed by atoms with E-state index in [1.807, 2.05) is 0 Å². The first-order valence-corrected chi connectivity index (χ1v) is 8.36. The molecule has 1 unspecified atom stereocenters. The molecule has 1 heteroatoms. The van der Waals surface area contributed by atoms with Gasteiger partial charge in [0, 0.05) is 17.3 Å². The van der Waals surface area contributed by atoms with Gasteiger partial charge < -0.3 is 5.32 Å². The Kier molecular flexibility index (Phi) is 3.57. The highest BCUT2D eigenvalue weighted by atomic mass is 14.9. The molecule has 1 atom stereocenters. The van der Waals surface area contributed by atoms with E-state index in [9.17, 15) is 0 Å². The van der Waals surface area contributed by atoms with Crippen LogP contribution in [0.3, 0.4) is 0 Å². The van der Waals surface area contributed by atoms with E-state index in [0.717, 1.165) is 5.69 Å². The van der Waals surface area contributed by atoms with E-state index < -0.39 is 0 Å². The molecular weight excluding hydrogens is 278 g/mol. The van der Waals surface area contributed by atoms with E-state index in [2.05, 4.69) is 85.9 Å². The third kappa shape index (κ3) is 2.61. The zero-order valence-corrected chi connectivity index (χ0v) is 13.6. The molecule has 114 valence electrons. The summed E-state index contributed by atoms with van der Waals surface area (Å²) in [5.41, 5.74) is 6.27. The van der Waals surface area contributed by atoms with Crippen LogP contribution in [0, 0.1) is 11.8 Å². The Labute approximate surface area is 138 Å². The number of benzene rings is 2. The van der Waals surface area contributed by atoms with Gasteiger partial charge in [-0.3, -0.25) is 0 Å². The summed E-state index contributed by atoms with van der Waals surface area (Å²) in [6.07, 6.45) is 7.84. The summed E-state index contributed by atoms with van der Waals surface area (Å²) in [7, 11) is 0. The Morgan fingerprint density at radius 1 is 0.870 bits per heavy atom. The minimum Gasteiger partial charge on any atom is -0.358 e. The van der Waals surface area contributed by atoms with Crippen molar-refractivity contribution < 1.29 is 0 Å². The highest BCUT2D eigenvalue weighted by molar-refractivity contribution is 5.68. The van der Waals surface area contributed by atoms with Crippen LogP contribution in [0.4, 0.5) is 5.69 Å². The lowest BCUT2D eigenvalue weighted by molar-refractivity contribution is 0.734. The molecule has 0 heterocycles. The molecular formula is C22H21N. The van der Waals surface area contributed by atoms with Crippen LogP contribution in [0.1, 0.15) is 42.9 Å². The molecule has 1 N–H and O–H groups in total. The molecule has 5 aliphatic rings. The van der Waals surface area contributed by atoms with E-state index in [1.165, 1.54) is 40.6 Å². The summed E-state index contributed by atoms with van der Waals surface area (Å²) in [6, 6.07) is 17.6. The van der Waals surface area contributed by atoms with Gasteiger partial charge in [0.1, 0.15) is 0 Å². The van der Waals surface area contributed by atoms with Crippen LogP contribution in [0.15, 0.2) is 72.5 Å². The molecule has 7 rings (SSSR count). The van der Waals surface area contributed by atoms with Crippen LogP contribution in [0.5, 0.6) is 0 Å². The summed E-state index contributed by atoms with van der Waals surface area (Å²) in [6.45, 7) is 4.51. The molecule has 23 heavy (non-hydrogen) atoms. The first-order chi connectivity index (χ1) is 11.2. The lowest BCUT2D eigenvalue weighted by Crippen LogP contribution is -2.17. The summed E-state index contributed by atoms with van der Waals surface area (Å²) in [5.74, 6) is 3.14. The molecule has 1 nitrogen and oxygen atoms in total. The smallest absolute Gasteiger partial charge is 0.0716 e. The molecule has 5 aliphatic carbocycles. The number of rotatable bonds is 4. The maximum atomic E-state index is 3.60. The van der Waals surface area contributed by atoms with Crippen molar-refractivity contribution in [1.82, 2.24) is 0 Å². The highest BCUT2D eigenvalue weighted by Crippen LogP contribution is 2.37. The fourth-order valence-corrected chi connectivity index (χ4v) is 3.21. The second-order valence-corrected chi connectivity index (χ2v) is 6.39. The normalized spacial score (nSPS) is 17.7. The topological polar surface area (TPSA) is 12.0 Å². The Hall–Kier alpha value is -2.28. The van der Waals surface area contributed by atoms with E-state index in [-0.39, 0.29) is 0 Å². The minimum atomic E-state index is 0.617. The third-order valence-electron chi connectivity index (χ3n) is 4.92. The van der Waals surface area contributed by atoms with Crippen LogP contribution in [0.2, 0.25) is 0 Å². The molecule has 0 spiro atoms. The van der Waals surface area contributed by atoms with Crippen molar-refractivity contribution in [2.75, 3.05) is 5.32 Å². The predicted molar refractivity (Wildman–Crippen MR) is 97.1 cm³/mol. The lowest BCUT2D eigenvalue weighted by Gasteiger charge is -2.28. The number of allylic oxidation sites excluding steroid dienone is 3.